The van der Waals surface area contributed by atoms with Gasteiger partial charge in [-0.05, 0) is 35.1 Å². The van der Waals surface area contributed by atoms with E-state index in [1.807, 2.05) is 36.4 Å². The molecule has 0 aliphatic heterocycles. The molecule has 0 aromatic heterocycles. The van der Waals surface area contributed by atoms with Crippen LogP contribution in [0.3, 0.4) is 0 Å². The van der Waals surface area contributed by atoms with E-state index in [2.05, 4.69) is 12.2 Å². The Balaban J connectivity index is 1.47. The number of unbranched alkanes of at least 4 members (excludes halogenated alkanes) is 9. The molecule has 0 unspecified atom stereocenters. The van der Waals surface area contributed by atoms with Gasteiger partial charge in [0, 0.05) is 18.5 Å². The van der Waals surface area contributed by atoms with Gasteiger partial charge < -0.3 is 10.1 Å². The number of hydrogen-bond acceptors (Lipinski definition) is 2. The van der Waals surface area contributed by atoms with Gasteiger partial charge in [-0.2, -0.15) is 13.2 Å². The SMILES string of the molecule is CCCCCCCCCCCCOc1ccc(CNCc2ccccc2C(F)(F)F)c2ccccc12. The highest BCUT2D eigenvalue weighted by Gasteiger charge is 2.32. The zero-order chi connectivity index (χ0) is 25.6. The topological polar surface area (TPSA) is 21.3 Å². The molecule has 1 N–H and O–H groups in total. The molecule has 3 aromatic carbocycles. The van der Waals surface area contributed by atoms with E-state index in [0.29, 0.717) is 13.2 Å². The molecule has 0 saturated heterocycles. The van der Waals surface area contributed by atoms with E-state index in [0.717, 1.165) is 34.6 Å². The third kappa shape index (κ3) is 8.85. The summed E-state index contributed by atoms with van der Waals surface area (Å²) < 4.78 is 45.9. The minimum absolute atomic E-state index is 0.154. The Morgan fingerprint density at radius 3 is 1.92 bits per heavy atom. The highest BCUT2D eigenvalue weighted by molar-refractivity contribution is 5.91. The van der Waals surface area contributed by atoms with Gasteiger partial charge in [0.2, 0.25) is 0 Å². The van der Waals surface area contributed by atoms with Crippen molar-refractivity contribution >= 4 is 10.8 Å². The van der Waals surface area contributed by atoms with E-state index in [4.69, 9.17) is 4.74 Å². The van der Waals surface area contributed by atoms with E-state index in [-0.39, 0.29) is 12.1 Å². The number of halogens is 3. The Labute approximate surface area is 214 Å². The second-order valence-electron chi connectivity index (χ2n) is 9.56. The average molecular weight is 500 g/mol. The lowest BCUT2D eigenvalue weighted by Crippen LogP contribution is -2.17. The van der Waals surface area contributed by atoms with Crippen molar-refractivity contribution in [1.29, 1.82) is 0 Å². The highest BCUT2D eigenvalue weighted by atomic mass is 19.4. The van der Waals surface area contributed by atoms with Crippen molar-refractivity contribution in [3.63, 3.8) is 0 Å². The summed E-state index contributed by atoms with van der Waals surface area (Å²) in [5, 5.41) is 5.30. The van der Waals surface area contributed by atoms with Crippen molar-refractivity contribution in [2.75, 3.05) is 6.61 Å². The first-order chi connectivity index (χ1) is 17.5. The summed E-state index contributed by atoms with van der Waals surface area (Å²) in [6.07, 6.45) is 8.57. The second-order valence-corrected chi connectivity index (χ2v) is 9.56. The molecule has 0 aliphatic carbocycles. The molecule has 196 valence electrons. The van der Waals surface area contributed by atoms with Crippen LogP contribution in [0.4, 0.5) is 13.2 Å². The zero-order valence-corrected chi connectivity index (χ0v) is 21.5. The molecule has 0 bridgehead atoms. The van der Waals surface area contributed by atoms with E-state index in [1.54, 1.807) is 6.07 Å². The monoisotopic (exact) mass is 499 g/mol. The van der Waals surface area contributed by atoms with Gasteiger partial charge in [-0.3, -0.25) is 0 Å². The molecule has 0 fully saturated rings. The van der Waals surface area contributed by atoms with Gasteiger partial charge in [-0.25, -0.2) is 0 Å². The van der Waals surface area contributed by atoms with E-state index in [9.17, 15) is 13.2 Å². The maximum atomic E-state index is 13.3. The minimum atomic E-state index is -4.35. The van der Waals surface area contributed by atoms with Crippen molar-refractivity contribution in [2.24, 2.45) is 0 Å². The van der Waals surface area contributed by atoms with Crippen LogP contribution in [0.25, 0.3) is 10.8 Å². The Kier molecular flexibility index (Phi) is 11.6. The molecule has 3 aromatic rings. The Bertz CT molecular complexity index is 1050. The number of benzene rings is 3. The maximum absolute atomic E-state index is 13.3. The lowest BCUT2D eigenvalue weighted by atomic mass is 10.0. The van der Waals surface area contributed by atoms with Gasteiger partial charge >= 0.3 is 6.18 Å². The van der Waals surface area contributed by atoms with Crippen molar-refractivity contribution in [1.82, 2.24) is 5.32 Å². The Morgan fingerprint density at radius 1 is 0.639 bits per heavy atom. The number of rotatable bonds is 16. The molecule has 2 nitrogen and oxygen atoms in total. The van der Waals surface area contributed by atoms with Gasteiger partial charge in [0.15, 0.2) is 0 Å². The van der Waals surface area contributed by atoms with Crippen LogP contribution >= 0.6 is 0 Å². The standard InChI is InChI=1S/C31H40F3NO/c1-2-3-4-5-6-7-8-9-10-15-22-36-30-21-20-25(27-17-12-13-18-28(27)30)23-35-24-26-16-11-14-19-29(26)31(32,33)34/h11-14,16-21,35H,2-10,15,22-24H2,1H3. The van der Waals surface area contributed by atoms with Gasteiger partial charge in [-0.1, -0.05) is 113 Å². The molecule has 0 amide bonds. The summed E-state index contributed by atoms with van der Waals surface area (Å²) in [6.45, 7) is 3.58. The Morgan fingerprint density at radius 2 is 1.22 bits per heavy atom. The summed E-state index contributed by atoms with van der Waals surface area (Å²) in [5.74, 6) is 0.868. The molecule has 0 atom stereocenters. The van der Waals surface area contributed by atoms with Crippen molar-refractivity contribution < 1.29 is 17.9 Å². The zero-order valence-electron chi connectivity index (χ0n) is 21.5. The van der Waals surface area contributed by atoms with Crippen LogP contribution in [0.15, 0.2) is 60.7 Å². The van der Waals surface area contributed by atoms with Crippen molar-refractivity contribution in [3.8, 4) is 5.75 Å². The normalized spacial score (nSPS) is 11.8. The molecular weight excluding hydrogens is 459 g/mol. The van der Waals surface area contributed by atoms with Gasteiger partial charge in [0.25, 0.3) is 0 Å². The molecule has 5 heteroatoms. The largest absolute Gasteiger partial charge is 0.493 e. The summed E-state index contributed by atoms with van der Waals surface area (Å²) >= 11 is 0. The minimum Gasteiger partial charge on any atom is -0.493 e. The van der Waals surface area contributed by atoms with E-state index >= 15 is 0 Å². The lowest BCUT2D eigenvalue weighted by molar-refractivity contribution is -0.138. The summed E-state index contributed by atoms with van der Waals surface area (Å²) in [5.41, 5.74) is 0.713. The van der Waals surface area contributed by atoms with Gasteiger partial charge in [0.1, 0.15) is 5.75 Å². The van der Waals surface area contributed by atoms with Crippen LogP contribution in [0.1, 0.15) is 87.8 Å². The smallest absolute Gasteiger partial charge is 0.416 e. The van der Waals surface area contributed by atoms with Crippen LogP contribution in [0.5, 0.6) is 5.75 Å². The highest BCUT2D eigenvalue weighted by Crippen LogP contribution is 2.32. The van der Waals surface area contributed by atoms with Crippen LogP contribution in [-0.4, -0.2) is 6.61 Å². The van der Waals surface area contributed by atoms with Crippen LogP contribution in [0, 0.1) is 0 Å². The second kappa shape index (κ2) is 14.9. The van der Waals surface area contributed by atoms with Crippen LogP contribution in [-0.2, 0) is 19.3 Å². The Hall–Kier alpha value is -2.53. The number of hydrogen-bond donors (Lipinski definition) is 1. The molecule has 0 radical (unpaired) electrons. The molecule has 0 spiro atoms. The first kappa shape index (κ1) is 28.0. The van der Waals surface area contributed by atoms with Crippen molar-refractivity contribution in [2.45, 2.75) is 90.4 Å². The average Bonchev–Trinajstić information content (AvgIpc) is 2.88. The van der Waals surface area contributed by atoms with Crippen LogP contribution in [0.2, 0.25) is 0 Å². The molecule has 0 aliphatic rings. The van der Waals surface area contributed by atoms with E-state index < -0.39 is 11.7 Å². The van der Waals surface area contributed by atoms with E-state index in [1.165, 1.54) is 69.9 Å². The first-order valence-corrected chi connectivity index (χ1v) is 13.5. The fourth-order valence-electron chi connectivity index (χ4n) is 4.67. The predicted octanol–water partition coefficient (Wildman–Crippen LogP) is 9.45. The lowest BCUT2D eigenvalue weighted by Gasteiger charge is -2.15. The predicted molar refractivity (Wildman–Crippen MR) is 143 cm³/mol. The fourth-order valence-corrected chi connectivity index (χ4v) is 4.67. The third-order valence-electron chi connectivity index (χ3n) is 6.68. The van der Waals surface area contributed by atoms with Crippen LogP contribution < -0.4 is 10.1 Å². The number of alkyl halides is 3. The first-order valence-electron chi connectivity index (χ1n) is 13.5. The molecule has 0 heterocycles. The summed E-state index contributed by atoms with van der Waals surface area (Å²) in [7, 11) is 0. The molecular formula is C31H40F3NO. The molecule has 0 saturated carbocycles. The molecule has 3 rings (SSSR count). The third-order valence-corrected chi connectivity index (χ3v) is 6.68. The number of nitrogens with one attached hydrogen (secondary N) is 1. The number of fused-ring (bicyclic) bond motifs is 1. The maximum Gasteiger partial charge on any atom is 0.416 e. The quantitative estimate of drug-likeness (QED) is 0.198. The molecule has 36 heavy (non-hydrogen) atoms. The summed E-state index contributed by atoms with van der Waals surface area (Å²) in [4.78, 5) is 0. The van der Waals surface area contributed by atoms with Gasteiger partial charge in [0.05, 0.1) is 12.2 Å². The fraction of sp³-hybridized carbons (Fsp3) is 0.484. The number of ether oxygens (including phenoxy) is 1. The van der Waals surface area contributed by atoms with Gasteiger partial charge in [-0.15, -0.1) is 0 Å². The van der Waals surface area contributed by atoms with Crippen molar-refractivity contribution in [3.05, 3.63) is 77.4 Å². The summed E-state index contributed by atoms with van der Waals surface area (Å²) in [6, 6.07) is 17.8.